The maximum Gasteiger partial charge on any atom is 0.434 e. The third kappa shape index (κ3) is 3.38. The molecule has 4 heterocycles. The molecule has 0 spiro atoms. The largest absolute Gasteiger partial charge is 0.551 e. The van der Waals surface area contributed by atoms with E-state index in [0.717, 1.165) is 50.7 Å². The molecule has 0 atom stereocenters. The highest BCUT2D eigenvalue weighted by Crippen LogP contribution is 2.42. The average molecular weight is 600 g/mol. The van der Waals surface area contributed by atoms with E-state index in [2.05, 4.69) is 161 Å². The highest BCUT2D eigenvalue weighted by Gasteiger charge is 2.41. The first-order valence-electron chi connectivity index (χ1n) is 16.0. The Balaban J connectivity index is 1.11. The van der Waals surface area contributed by atoms with Crippen molar-refractivity contribution in [2.75, 3.05) is 0 Å². The summed E-state index contributed by atoms with van der Waals surface area (Å²) in [4.78, 5) is 0. The highest BCUT2D eigenvalue weighted by atomic mass is 16.5. The van der Waals surface area contributed by atoms with Crippen molar-refractivity contribution in [1.29, 1.82) is 0 Å². The lowest BCUT2D eigenvalue weighted by molar-refractivity contribution is 0.479. The van der Waals surface area contributed by atoms with Crippen LogP contribution < -0.4 is 20.3 Å². The number of aromatic nitrogens is 2. The maximum atomic E-state index is 7.07. The summed E-state index contributed by atoms with van der Waals surface area (Å²) >= 11 is 0. The van der Waals surface area contributed by atoms with E-state index in [1.165, 1.54) is 43.6 Å². The number of para-hydroxylation sites is 4. The van der Waals surface area contributed by atoms with Crippen LogP contribution in [0.15, 0.2) is 152 Å². The first-order chi connectivity index (χ1) is 23.3. The van der Waals surface area contributed by atoms with Crippen LogP contribution in [0.5, 0.6) is 17.2 Å². The molecule has 7 aromatic carbocycles. The lowest BCUT2D eigenvalue weighted by Gasteiger charge is -2.33. The zero-order valence-electron chi connectivity index (χ0n) is 25.2. The van der Waals surface area contributed by atoms with Crippen LogP contribution in [0, 0.1) is 0 Å². The van der Waals surface area contributed by atoms with E-state index in [4.69, 9.17) is 9.39 Å². The molecule has 0 saturated carbocycles. The molecule has 0 N–H and O–H groups in total. The van der Waals surface area contributed by atoms with Gasteiger partial charge in [0.05, 0.1) is 22.1 Å². The maximum absolute atomic E-state index is 7.07. The molecule has 0 radical (unpaired) electrons. The molecular weight excluding hydrogens is 575 g/mol. The minimum Gasteiger partial charge on any atom is -0.551 e. The van der Waals surface area contributed by atoms with Crippen molar-refractivity contribution >= 4 is 61.5 Å². The molecule has 2 aliphatic heterocycles. The van der Waals surface area contributed by atoms with Crippen LogP contribution in [0.2, 0.25) is 0 Å². The Morgan fingerprint density at radius 2 is 0.936 bits per heavy atom. The fourth-order valence-corrected chi connectivity index (χ4v) is 8.01. The third-order valence-electron chi connectivity index (χ3n) is 10.0. The standard InChI is InChI=1S/C42H25BN2O2/c1-5-15-35-28(10-1)29-11-2-6-16-36(29)44(35)26-21-23-39-34(24-26)43-42-33(14-9-19-40(42)46-39)32-22-20-27(25-41(32)47-43)45-37-17-7-3-12-30(37)31-13-4-8-18-38(31)45/h1-25H. The van der Waals surface area contributed by atoms with Gasteiger partial charge in [-0.05, 0) is 66.2 Å². The predicted octanol–water partition coefficient (Wildman–Crippen LogP) is 9.15. The Morgan fingerprint density at radius 1 is 0.404 bits per heavy atom. The number of nitrogens with zero attached hydrogens (tertiary/aromatic N) is 2. The van der Waals surface area contributed by atoms with Crippen molar-refractivity contribution in [2.45, 2.75) is 0 Å². The fourth-order valence-electron chi connectivity index (χ4n) is 8.01. The number of fused-ring (bicyclic) bond motifs is 10. The van der Waals surface area contributed by atoms with E-state index >= 15 is 0 Å². The van der Waals surface area contributed by atoms with Crippen molar-refractivity contribution in [3.63, 3.8) is 0 Å². The molecule has 0 bridgehead atoms. The second-order valence-electron chi connectivity index (χ2n) is 12.5. The van der Waals surface area contributed by atoms with Gasteiger partial charge in [-0.3, -0.25) is 0 Å². The zero-order valence-corrected chi connectivity index (χ0v) is 25.2. The Hall–Kier alpha value is -6.20. The monoisotopic (exact) mass is 600 g/mol. The lowest BCUT2D eigenvalue weighted by Crippen LogP contribution is -2.53. The number of ether oxygens (including phenoxy) is 1. The van der Waals surface area contributed by atoms with Gasteiger partial charge in [-0.1, -0.05) is 84.9 Å². The second-order valence-corrected chi connectivity index (χ2v) is 12.5. The quantitative estimate of drug-likeness (QED) is 0.185. The molecule has 0 saturated heterocycles. The van der Waals surface area contributed by atoms with Crippen LogP contribution in [0.4, 0.5) is 0 Å². The molecule has 47 heavy (non-hydrogen) atoms. The summed E-state index contributed by atoms with van der Waals surface area (Å²) in [6, 6.07) is 53.9. The molecule has 218 valence electrons. The van der Waals surface area contributed by atoms with Gasteiger partial charge in [0, 0.05) is 55.5 Å². The van der Waals surface area contributed by atoms with Crippen molar-refractivity contribution in [3.8, 4) is 39.8 Å². The Labute approximate surface area is 270 Å². The summed E-state index contributed by atoms with van der Waals surface area (Å²) in [6.45, 7) is -0.307. The Kier molecular flexibility index (Phi) is 4.89. The summed E-state index contributed by atoms with van der Waals surface area (Å²) in [5.74, 6) is 2.54. The summed E-state index contributed by atoms with van der Waals surface area (Å²) in [5, 5.41) is 4.97. The Bertz CT molecular complexity index is 2670. The van der Waals surface area contributed by atoms with Crippen LogP contribution in [0.25, 0.3) is 66.1 Å². The number of benzene rings is 7. The van der Waals surface area contributed by atoms with E-state index in [0.29, 0.717) is 0 Å². The third-order valence-corrected chi connectivity index (χ3v) is 10.0. The van der Waals surface area contributed by atoms with Gasteiger partial charge in [0.2, 0.25) is 0 Å². The molecule has 11 rings (SSSR count). The van der Waals surface area contributed by atoms with Crippen LogP contribution >= 0.6 is 0 Å². The van der Waals surface area contributed by atoms with Crippen molar-refractivity contribution < 1.29 is 9.39 Å². The summed E-state index contributed by atoms with van der Waals surface area (Å²) in [6.07, 6.45) is 0. The zero-order chi connectivity index (χ0) is 30.6. The van der Waals surface area contributed by atoms with Gasteiger partial charge in [-0.2, -0.15) is 0 Å². The van der Waals surface area contributed by atoms with Gasteiger partial charge in [-0.25, -0.2) is 0 Å². The minimum absolute atomic E-state index is 0.307. The molecule has 9 aromatic rings. The molecule has 2 aromatic heterocycles. The number of rotatable bonds is 2. The first-order valence-corrected chi connectivity index (χ1v) is 16.0. The molecule has 0 amide bonds. The smallest absolute Gasteiger partial charge is 0.434 e. The van der Waals surface area contributed by atoms with Crippen LogP contribution in [0.1, 0.15) is 0 Å². The summed E-state index contributed by atoms with van der Waals surface area (Å²) < 4.78 is 18.3. The van der Waals surface area contributed by atoms with Gasteiger partial charge >= 0.3 is 6.92 Å². The normalized spacial score (nSPS) is 13.0. The summed E-state index contributed by atoms with van der Waals surface area (Å²) in [5.41, 5.74) is 11.2. The first kappa shape index (κ1) is 25.0. The van der Waals surface area contributed by atoms with E-state index in [9.17, 15) is 0 Å². The van der Waals surface area contributed by atoms with E-state index in [1.54, 1.807) is 0 Å². The van der Waals surface area contributed by atoms with Crippen LogP contribution in [0.3, 0.4) is 0 Å². The van der Waals surface area contributed by atoms with Crippen molar-refractivity contribution in [2.24, 2.45) is 0 Å². The SMILES string of the molecule is c1cc2c3c(c1)-c1ccc(-n4c5ccccc5c5ccccc54)cc1OB3c1cc(-n3c4ccccc4c4ccccc43)ccc1O2. The van der Waals surface area contributed by atoms with E-state index < -0.39 is 0 Å². The lowest BCUT2D eigenvalue weighted by atomic mass is 9.51. The molecule has 0 unspecified atom stereocenters. The highest BCUT2D eigenvalue weighted by molar-refractivity contribution is 6.84. The van der Waals surface area contributed by atoms with E-state index in [-0.39, 0.29) is 6.92 Å². The van der Waals surface area contributed by atoms with Gasteiger partial charge in [0.25, 0.3) is 0 Å². The predicted molar refractivity (Wildman–Crippen MR) is 193 cm³/mol. The molecule has 0 aliphatic carbocycles. The van der Waals surface area contributed by atoms with Gasteiger partial charge < -0.3 is 18.5 Å². The van der Waals surface area contributed by atoms with Crippen molar-refractivity contribution in [3.05, 3.63) is 152 Å². The van der Waals surface area contributed by atoms with Crippen molar-refractivity contribution in [1.82, 2.24) is 9.13 Å². The number of hydrogen-bond acceptors (Lipinski definition) is 2. The summed E-state index contributed by atoms with van der Waals surface area (Å²) in [7, 11) is 0. The number of hydrogen-bond donors (Lipinski definition) is 0. The molecule has 5 heteroatoms. The average Bonchev–Trinajstić information content (AvgIpc) is 3.65. The second kappa shape index (κ2) is 9.18. The molecular formula is C42H25BN2O2. The fraction of sp³-hybridized carbons (Fsp3) is 0. The van der Waals surface area contributed by atoms with E-state index in [1.807, 2.05) is 0 Å². The van der Waals surface area contributed by atoms with Crippen LogP contribution in [-0.4, -0.2) is 16.0 Å². The molecule has 2 aliphatic rings. The molecule has 4 nitrogen and oxygen atoms in total. The minimum atomic E-state index is -0.307. The van der Waals surface area contributed by atoms with Gasteiger partial charge in [0.15, 0.2) is 0 Å². The Morgan fingerprint density at radius 3 is 1.53 bits per heavy atom. The topological polar surface area (TPSA) is 28.3 Å². The molecule has 0 fully saturated rings. The van der Waals surface area contributed by atoms with Gasteiger partial charge in [0.1, 0.15) is 17.2 Å². The van der Waals surface area contributed by atoms with Gasteiger partial charge in [-0.15, -0.1) is 0 Å². The van der Waals surface area contributed by atoms with Crippen LogP contribution in [-0.2, 0) is 0 Å².